The molecule has 2 heterocycles. The van der Waals surface area contributed by atoms with Gasteiger partial charge < -0.3 is 10.6 Å². The van der Waals surface area contributed by atoms with E-state index in [2.05, 4.69) is 31.7 Å². The molecule has 0 saturated carbocycles. The molecule has 0 bridgehead atoms. The van der Waals surface area contributed by atoms with Gasteiger partial charge in [0.1, 0.15) is 11.9 Å². The third-order valence-corrected chi connectivity index (χ3v) is 5.07. The Kier molecular flexibility index (Phi) is 4.53. The third-order valence-electron chi connectivity index (χ3n) is 4.54. The second kappa shape index (κ2) is 7.00. The van der Waals surface area contributed by atoms with Crippen LogP contribution in [-0.4, -0.2) is 21.6 Å². The first-order chi connectivity index (χ1) is 13.0. The maximum Gasteiger partial charge on any atom is 0.249 e. The molecule has 1 aliphatic heterocycles. The van der Waals surface area contributed by atoms with Crippen molar-refractivity contribution in [1.82, 2.24) is 9.78 Å². The largest absolute Gasteiger partial charge is 0.324 e. The molecule has 2 aromatic carbocycles. The first-order valence-electron chi connectivity index (χ1n) is 8.54. The van der Waals surface area contributed by atoms with E-state index in [-0.39, 0.29) is 18.2 Å². The van der Waals surface area contributed by atoms with Gasteiger partial charge in [-0.25, -0.2) is 4.68 Å². The summed E-state index contributed by atoms with van der Waals surface area (Å²) in [5, 5.41) is 10.4. The van der Waals surface area contributed by atoms with Crippen molar-refractivity contribution >= 4 is 39.2 Å². The van der Waals surface area contributed by atoms with Crippen molar-refractivity contribution in [3.8, 4) is 11.3 Å². The van der Waals surface area contributed by atoms with Crippen LogP contribution in [0, 0.1) is 6.92 Å². The molecule has 7 heteroatoms. The topological polar surface area (TPSA) is 76.0 Å². The second-order valence-corrected chi connectivity index (χ2v) is 7.31. The molecule has 1 atom stereocenters. The van der Waals surface area contributed by atoms with Gasteiger partial charge in [-0.15, -0.1) is 0 Å². The lowest BCUT2D eigenvalue weighted by Gasteiger charge is -2.24. The average molecular weight is 425 g/mol. The van der Waals surface area contributed by atoms with E-state index in [1.54, 1.807) is 16.8 Å². The van der Waals surface area contributed by atoms with E-state index in [0.29, 0.717) is 11.5 Å². The van der Waals surface area contributed by atoms with Crippen molar-refractivity contribution < 1.29 is 9.59 Å². The molecule has 1 aromatic heterocycles. The van der Waals surface area contributed by atoms with Crippen LogP contribution in [0.1, 0.15) is 18.0 Å². The maximum atomic E-state index is 12.9. The van der Waals surface area contributed by atoms with Crippen molar-refractivity contribution in [1.29, 1.82) is 0 Å². The molecular formula is C20H17BrN4O2. The average Bonchev–Trinajstić information content (AvgIpc) is 3.00. The number of anilines is 2. The van der Waals surface area contributed by atoms with Gasteiger partial charge in [0.05, 0.1) is 12.1 Å². The highest BCUT2D eigenvalue weighted by Crippen LogP contribution is 2.34. The molecule has 1 aliphatic rings. The lowest BCUT2D eigenvalue weighted by molar-refractivity contribution is -0.125. The summed E-state index contributed by atoms with van der Waals surface area (Å²) in [5.41, 5.74) is 3.21. The molecule has 1 unspecified atom stereocenters. The fourth-order valence-corrected chi connectivity index (χ4v) is 3.44. The Balaban J connectivity index is 1.69. The molecule has 3 aromatic rings. The van der Waals surface area contributed by atoms with E-state index in [9.17, 15) is 9.59 Å². The van der Waals surface area contributed by atoms with Crippen molar-refractivity contribution in [3.05, 3.63) is 64.6 Å². The molecule has 0 radical (unpaired) electrons. The normalized spacial score (nSPS) is 15.8. The van der Waals surface area contributed by atoms with E-state index >= 15 is 0 Å². The summed E-state index contributed by atoms with van der Waals surface area (Å²) in [5.74, 6) is 0.109. The number of hydrogen-bond acceptors (Lipinski definition) is 3. The highest BCUT2D eigenvalue weighted by atomic mass is 79.9. The quantitative estimate of drug-likeness (QED) is 0.662. The van der Waals surface area contributed by atoms with Gasteiger partial charge in [0.2, 0.25) is 11.8 Å². The van der Waals surface area contributed by atoms with Crippen molar-refractivity contribution in [2.45, 2.75) is 19.4 Å². The number of nitrogens with zero attached hydrogens (tertiary/aromatic N) is 2. The minimum Gasteiger partial charge on any atom is -0.324 e. The zero-order chi connectivity index (χ0) is 19.0. The zero-order valence-corrected chi connectivity index (χ0v) is 16.2. The van der Waals surface area contributed by atoms with Crippen LogP contribution in [0.3, 0.4) is 0 Å². The minimum absolute atomic E-state index is 0.0463. The number of carbonyl (C=O) groups excluding carboxylic acids is 2. The molecule has 2 amide bonds. The summed E-state index contributed by atoms with van der Waals surface area (Å²) in [4.78, 5) is 25.1. The first-order valence-corrected chi connectivity index (χ1v) is 9.33. The van der Waals surface area contributed by atoms with Crippen molar-refractivity contribution in [3.63, 3.8) is 0 Å². The van der Waals surface area contributed by atoms with Gasteiger partial charge >= 0.3 is 0 Å². The Bertz CT molecular complexity index is 1010. The van der Waals surface area contributed by atoms with Crippen LogP contribution < -0.4 is 10.6 Å². The summed E-state index contributed by atoms with van der Waals surface area (Å²) in [6.45, 7) is 1.90. The molecule has 27 heavy (non-hydrogen) atoms. The molecular weight excluding hydrogens is 408 g/mol. The van der Waals surface area contributed by atoms with Crippen molar-refractivity contribution in [2.24, 2.45) is 0 Å². The van der Waals surface area contributed by atoms with E-state index in [1.165, 1.54) is 0 Å². The number of hydrogen-bond donors (Lipinski definition) is 2. The zero-order valence-electron chi connectivity index (χ0n) is 14.6. The molecule has 136 valence electrons. The number of fused-ring (bicyclic) bond motifs is 1. The molecule has 0 spiro atoms. The number of benzene rings is 2. The van der Waals surface area contributed by atoms with Crippen LogP contribution in [0.4, 0.5) is 11.5 Å². The summed E-state index contributed by atoms with van der Waals surface area (Å²) in [7, 11) is 0. The van der Waals surface area contributed by atoms with Crippen molar-refractivity contribution in [2.75, 3.05) is 10.6 Å². The first kappa shape index (κ1) is 17.5. The van der Waals surface area contributed by atoms with Crippen LogP contribution in [-0.2, 0) is 9.59 Å². The number of halogens is 1. The van der Waals surface area contributed by atoms with E-state index in [0.717, 1.165) is 21.3 Å². The Morgan fingerprint density at radius 3 is 2.59 bits per heavy atom. The Morgan fingerprint density at radius 2 is 1.89 bits per heavy atom. The Morgan fingerprint density at radius 1 is 1.19 bits per heavy atom. The number of amides is 2. The van der Waals surface area contributed by atoms with E-state index < -0.39 is 6.04 Å². The lowest BCUT2D eigenvalue weighted by Crippen LogP contribution is -2.35. The summed E-state index contributed by atoms with van der Waals surface area (Å²) < 4.78 is 2.54. The Hall–Kier alpha value is -2.93. The number of nitrogens with one attached hydrogen (secondary N) is 2. The van der Waals surface area contributed by atoms with Gasteiger partial charge in [-0.2, -0.15) is 5.10 Å². The molecule has 2 N–H and O–H groups in total. The van der Waals surface area contributed by atoms with Gasteiger partial charge in [-0.3, -0.25) is 9.59 Å². The monoisotopic (exact) mass is 424 g/mol. The molecule has 0 saturated heterocycles. The summed E-state index contributed by atoms with van der Waals surface area (Å²) in [6, 6.07) is 16.3. The lowest BCUT2D eigenvalue weighted by atomic mass is 10.1. The van der Waals surface area contributed by atoms with Crippen LogP contribution in [0.5, 0.6) is 0 Å². The molecule has 6 nitrogen and oxygen atoms in total. The van der Waals surface area contributed by atoms with Crippen LogP contribution in [0.2, 0.25) is 0 Å². The number of carbonyl (C=O) groups is 2. The van der Waals surface area contributed by atoms with Gasteiger partial charge in [-0.1, -0.05) is 46.3 Å². The smallest absolute Gasteiger partial charge is 0.249 e. The standard InChI is InChI=1S/C20H17BrN4O2/c1-12-18(13-5-3-2-4-6-13)24-25-16(11-17(26)23-19(12)25)20(27)22-15-9-7-14(21)8-10-15/h2-10,16H,11H2,1H3,(H,22,27)(H,23,26). The summed E-state index contributed by atoms with van der Waals surface area (Å²) in [6.07, 6.45) is 0.0463. The third kappa shape index (κ3) is 3.38. The SMILES string of the molecule is Cc1c(-c2ccccc2)nn2c1NC(=O)CC2C(=O)Nc1ccc(Br)cc1. The second-order valence-electron chi connectivity index (χ2n) is 6.40. The van der Waals surface area contributed by atoms with Gasteiger partial charge in [0, 0.05) is 21.3 Å². The maximum absolute atomic E-state index is 12.9. The van der Waals surface area contributed by atoms with Crippen LogP contribution in [0.15, 0.2) is 59.1 Å². The van der Waals surface area contributed by atoms with E-state index in [1.807, 2.05) is 49.4 Å². The molecule has 0 fully saturated rings. The number of rotatable bonds is 3. The van der Waals surface area contributed by atoms with Crippen LogP contribution >= 0.6 is 15.9 Å². The highest BCUT2D eigenvalue weighted by molar-refractivity contribution is 9.10. The fraction of sp³-hybridized carbons (Fsp3) is 0.150. The van der Waals surface area contributed by atoms with E-state index in [4.69, 9.17) is 0 Å². The predicted molar refractivity (Wildman–Crippen MR) is 107 cm³/mol. The summed E-state index contributed by atoms with van der Waals surface area (Å²) >= 11 is 3.37. The van der Waals surface area contributed by atoms with Gasteiger partial charge in [0.15, 0.2) is 0 Å². The Labute approximate surface area is 164 Å². The van der Waals surface area contributed by atoms with Gasteiger partial charge in [0.25, 0.3) is 0 Å². The van der Waals surface area contributed by atoms with Crippen LogP contribution in [0.25, 0.3) is 11.3 Å². The number of aromatic nitrogens is 2. The van der Waals surface area contributed by atoms with Gasteiger partial charge in [-0.05, 0) is 31.2 Å². The predicted octanol–water partition coefficient (Wildman–Crippen LogP) is 4.14. The minimum atomic E-state index is -0.700. The fourth-order valence-electron chi connectivity index (χ4n) is 3.17. The molecule has 4 rings (SSSR count). The highest BCUT2D eigenvalue weighted by Gasteiger charge is 2.34. The molecule has 0 aliphatic carbocycles.